The second kappa shape index (κ2) is 29.5. The Morgan fingerprint density at radius 2 is 1.65 bits per heavy atom. The lowest BCUT2D eigenvalue weighted by Gasteiger charge is -2.26. The van der Waals surface area contributed by atoms with Crippen molar-refractivity contribution < 1.29 is 47.7 Å². The monoisotopic (exact) mass is 985 g/mol. The van der Waals surface area contributed by atoms with Crippen molar-refractivity contribution in [2.45, 2.75) is 57.7 Å². The van der Waals surface area contributed by atoms with Crippen LogP contribution in [0.2, 0.25) is 10.0 Å². The Bertz CT molecular complexity index is 2050. The van der Waals surface area contributed by atoms with Crippen molar-refractivity contribution in [3.8, 4) is 23.8 Å². The highest BCUT2D eigenvalue weighted by atomic mass is 35.5. The van der Waals surface area contributed by atoms with Crippen LogP contribution in [0.15, 0.2) is 64.9 Å². The van der Waals surface area contributed by atoms with Crippen molar-refractivity contribution in [2.24, 2.45) is 0 Å². The van der Waals surface area contributed by atoms with E-state index >= 15 is 0 Å². The van der Waals surface area contributed by atoms with Crippen molar-refractivity contribution >= 4 is 89.1 Å². The van der Waals surface area contributed by atoms with Crippen LogP contribution >= 0.6 is 65.6 Å². The Kier molecular flexibility index (Phi) is 27.7. The predicted octanol–water partition coefficient (Wildman–Crippen LogP) is 7.22. The highest BCUT2D eigenvalue weighted by Gasteiger charge is 2.25. The summed E-state index contributed by atoms with van der Waals surface area (Å²) in [7, 11) is -2.52. The largest absolute Gasteiger partial charge is 0.480 e. The number of nitrogens with zero attached hydrogens (tertiary/aromatic N) is 4. The van der Waals surface area contributed by atoms with Gasteiger partial charge in [-0.3, -0.25) is 29.2 Å². The van der Waals surface area contributed by atoms with Gasteiger partial charge in [-0.1, -0.05) is 117 Å². The maximum absolute atomic E-state index is 12.0. The van der Waals surface area contributed by atoms with E-state index in [2.05, 4.69) is 43.3 Å². The smallest absolute Gasteiger partial charge is 0.442 e. The maximum Gasteiger partial charge on any atom is 0.442 e. The highest BCUT2D eigenvalue weighted by molar-refractivity contribution is 7.51. The van der Waals surface area contributed by atoms with Crippen LogP contribution in [0.3, 0.4) is 0 Å². The van der Waals surface area contributed by atoms with Crippen LogP contribution in [-0.4, -0.2) is 104 Å². The van der Waals surface area contributed by atoms with E-state index < -0.39 is 42.4 Å². The maximum atomic E-state index is 12.0. The zero-order valence-electron chi connectivity index (χ0n) is 35.2. The second-order valence-electron chi connectivity index (χ2n) is 13.3. The number of halogens is 5. The molecule has 2 aromatic carbocycles. The van der Waals surface area contributed by atoms with Gasteiger partial charge in [0.05, 0.1) is 34.3 Å². The molecule has 3 aromatic rings. The molecule has 62 heavy (non-hydrogen) atoms. The third-order valence-electron chi connectivity index (χ3n) is 7.43. The first kappa shape index (κ1) is 58.1. The molecule has 0 spiro atoms. The number of methoxy groups -OCH3 is 1. The molecule has 16 nitrogen and oxygen atoms in total. The molecule has 0 bridgehead atoms. The molecule has 1 aromatic heterocycles. The number of para-hydroxylation sites is 1. The molecule has 3 rings (SSSR count). The predicted molar refractivity (Wildman–Crippen MR) is 245 cm³/mol. The fourth-order valence-electron chi connectivity index (χ4n) is 4.68. The van der Waals surface area contributed by atoms with Crippen molar-refractivity contribution in [3.05, 3.63) is 93.3 Å². The summed E-state index contributed by atoms with van der Waals surface area (Å²) in [6.45, 7) is 17.5. The summed E-state index contributed by atoms with van der Waals surface area (Å²) in [5.74, 6) is 0.673. The van der Waals surface area contributed by atoms with Gasteiger partial charge >= 0.3 is 19.3 Å². The van der Waals surface area contributed by atoms with Gasteiger partial charge in [0.15, 0.2) is 4.84 Å². The summed E-state index contributed by atoms with van der Waals surface area (Å²) in [6.07, 6.45) is 9.52. The van der Waals surface area contributed by atoms with Crippen LogP contribution < -0.4 is 20.7 Å². The molecule has 4 N–H and O–H groups in total. The van der Waals surface area contributed by atoms with E-state index in [0.29, 0.717) is 30.4 Å². The number of aromatic nitrogens is 2. The van der Waals surface area contributed by atoms with Crippen LogP contribution in [0.5, 0.6) is 5.75 Å². The summed E-state index contributed by atoms with van der Waals surface area (Å²) in [5, 5.41) is 14.8. The Labute approximate surface area is 386 Å². The molecule has 2 amide bonds. The van der Waals surface area contributed by atoms with E-state index in [4.69, 9.17) is 93.2 Å². The number of carbonyl (C=O) groups excluding carboxylic acids is 2. The number of benzene rings is 2. The number of carboxylic acid groups (broad SMARTS) is 1. The first-order valence-electron chi connectivity index (χ1n) is 18.4. The number of rotatable bonds is 18. The van der Waals surface area contributed by atoms with Gasteiger partial charge in [-0.25, -0.2) is 4.79 Å². The molecule has 0 aliphatic rings. The van der Waals surface area contributed by atoms with E-state index in [1.54, 1.807) is 24.2 Å². The van der Waals surface area contributed by atoms with E-state index in [1.807, 2.05) is 39.0 Å². The molecule has 0 unspecified atom stereocenters. The minimum atomic E-state index is -4.10. The molecule has 0 fully saturated rings. The fourth-order valence-corrected chi connectivity index (χ4v) is 6.02. The summed E-state index contributed by atoms with van der Waals surface area (Å²) in [4.78, 5) is 63.4. The van der Waals surface area contributed by atoms with E-state index in [-0.39, 0.29) is 41.1 Å². The van der Waals surface area contributed by atoms with Crippen LogP contribution in [0, 0.1) is 12.3 Å². The number of nitrogens with one attached hydrogen (secondary N) is 1. The number of hydrogen-bond acceptors (Lipinski definition) is 10. The summed E-state index contributed by atoms with van der Waals surface area (Å²) >= 11 is 28.7. The molecular weight excluding hydrogens is 935 g/mol. The lowest BCUT2D eigenvalue weighted by Crippen LogP contribution is -2.35. The minimum absolute atomic E-state index is 0.0371. The van der Waals surface area contributed by atoms with Crippen molar-refractivity contribution in [1.82, 2.24) is 20.0 Å². The van der Waals surface area contributed by atoms with Gasteiger partial charge < -0.3 is 33.7 Å². The Hall–Kier alpha value is -3.85. The SMILES string of the molecule is C#CCOc1cc(-n2nc(C(C)(C)C)oc2=O)c(Cl)cc1Cl.C=CCN(CC=C)C(=O)C(Cl)Cl.CCc1cccc(CC)c1N(COC)C(=O)CCl.O=C(O)CNCP(=O)(O)O. The van der Waals surface area contributed by atoms with Gasteiger partial charge in [0.2, 0.25) is 11.8 Å². The minimum Gasteiger partial charge on any atom is -0.480 e. The molecule has 0 atom stereocenters. The van der Waals surface area contributed by atoms with E-state index in [1.165, 1.54) is 17.0 Å². The third-order valence-corrected chi connectivity index (χ3v) is 9.27. The Balaban J connectivity index is 0.000000840. The average Bonchev–Trinajstić information content (AvgIpc) is 3.60. The molecule has 22 heteroatoms. The van der Waals surface area contributed by atoms with Crippen LogP contribution in [-0.2, 0) is 41.9 Å². The summed E-state index contributed by atoms with van der Waals surface area (Å²) in [6, 6.07) is 9.06. The number of amides is 2. The second-order valence-corrected chi connectivity index (χ2v) is 17.2. The number of alkyl halides is 3. The summed E-state index contributed by atoms with van der Waals surface area (Å²) < 4.78 is 26.7. The standard InChI is InChI=1S/C15H14Cl2N2O3.C14H20ClNO2.C8H11Cl2NO.C3H8NO5P/c1-5-6-21-12-8-11(9(16)7-10(12)17)19-14(20)22-13(18-19)15(2,3)4;1-4-11-7-6-8-12(5-2)14(11)16(10-18-3)13(17)9-15;1-3-5-11(6-4-2)8(12)7(9)10;5-3(6)1-4-2-10(7,8)9/h1,7-8H,6H2,2-4H3;6-8H,4-5,9-10H2,1-3H3;3-4,7H,1-2,5-6H2;4H,1-2H2,(H,5,6)(H2,7,8,9). The van der Waals surface area contributed by atoms with Gasteiger partial charge in [-0.05, 0) is 30.0 Å². The normalized spacial score (nSPS) is 10.7. The van der Waals surface area contributed by atoms with Crippen molar-refractivity contribution in [3.63, 3.8) is 0 Å². The number of aryl methyl sites for hydroxylation is 2. The number of carboxylic acids is 1. The molecule has 0 radical (unpaired) electrons. The topological polar surface area (TPSA) is 214 Å². The number of ether oxygens (including phenoxy) is 2. The zero-order valence-corrected chi connectivity index (χ0v) is 39.9. The van der Waals surface area contributed by atoms with Gasteiger partial charge in [-0.2, -0.15) is 4.68 Å². The van der Waals surface area contributed by atoms with Gasteiger partial charge in [0.25, 0.3) is 5.91 Å². The van der Waals surface area contributed by atoms with E-state index in [9.17, 15) is 23.7 Å². The zero-order chi connectivity index (χ0) is 47.8. The fraction of sp³-hybridized carbons (Fsp3) is 0.425. The molecule has 0 aliphatic carbocycles. The number of hydrogen-bond donors (Lipinski definition) is 4. The molecule has 0 saturated heterocycles. The molecule has 0 saturated carbocycles. The lowest BCUT2D eigenvalue weighted by atomic mass is 9.97. The van der Waals surface area contributed by atoms with E-state index in [0.717, 1.165) is 34.3 Å². The van der Waals surface area contributed by atoms with Crippen LogP contribution in [0.25, 0.3) is 5.69 Å². The Morgan fingerprint density at radius 3 is 2.05 bits per heavy atom. The van der Waals surface area contributed by atoms with Gasteiger partial charge in [-0.15, -0.1) is 36.3 Å². The van der Waals surface area contributed by atoms with Crippen molar-refractivity contribution in [2.75, 3.05) is 57.1 Å². The molecule has 0 aliphatic heterocycles. The van der Waals surface area contributed by atoms with Crippen LogP contribution in [0.1, 0.15) is 51.6 Å². The number of carbonyl (C=O) groups is 3. The number of anilines is 1. The summed E-state index contributed by atoms with van der Waals surface area (Å²) in [5.41, 5.74) is 3.14. The third kappa shape index (κ3) is 21.0. The first-order chi connectivity index (χ1) is 29.0. The highest BCUT2D eigenvalue weighted by Crippen LogP contribution is 2.33. The number of aliphatic carboxylic acids is 1. The van der Waals surface area contributed by atoms with Gasteiger partial charge in [0.1, 0.15) is 25.0 Å². The van der Waals surface area contributed by atoms with Crippen molar-refractivity contribution in [1.29, 1.82) is 0 Å². The van der Waals surface area contributed by atoms with Crippen LogP contribution in [0.4, 0.5) is 5.69 Å². The first-order valence-corrected chi connectivity index (χ1v) is 22.3. The molecule has 1 heterocycles. The average molecular weight is 988 g/mol. The Morgan fingerprint density at radius 1 is 1.08 bits per heavy atom. The quantitative estimate of drug-likeness (QED) is 0.0326. The number of terminal acetylenes is 1. The lowest BCUT2D eigenvalue weighted by molar-refractivity contribution is -0.136. The molecule has 344 valence electrons. The van der Waals surface area contributed by atoms with Gasteiger partial charge in [0, 0.05) is 31.7 Å². The molecular formula is C40H53Cl5N5O11P.